The summed E-state index contributed by atoms with van der Waals surface area (Å²) in [6.07, 6.45) is 7.87. The lowest BCUT2D eigenvalue weighted by molar-refractivity contribution is -0.145. The number of ether oxygens (including phenoxy) is 1. The van der Waals surface area contributed by atoms with Crippen LogP contribution in [0.1, 0.15) is 37.7 Å². The van der Waals surface area contributed by atoms with Gasteiger partial charge < -0.3 is 9.84 Å². The SMILES string of the molecule is O=C1C=CCC(CC(O)CCCCc2ccccc2)O1. The largest absolute Gasteiger partial charge is 0.459 e. The average Bonchev–Trinajstić information content (AvgIpc) is 2.45. The Kier molecular flexibility index (Phi) is 5.81. The number of hydrogen-bond donors (Lipinski definition) is 1. The number of benzene rings is 1. The van der Waals surface area contributed by atoms with Gasteiger partial charge in [0, 0.05) is 18.9 Å². The minimum Gasteiger partial charge on any atom is -0.459 e. The number of aliphatic hydroxyl groups excluding tert-OH is 1. The molecule has 0 bridgehead atoms. The minimum atomic E-state index is -0.380. The van der Waals surface area contributed by atoms with Gasteiger partial charge in [0.05, 0.1) is 6.10 Å². The molecule has 0 aromatic heterocycles. The summed E-state index contributed by atoms with van der Waals surface area (Å²) < 4.78 is 5.15. The zero-order valence-electron chi connectivity index (χ0n) is 11.7. The van der Waals surface area contributed by atoms with E-state index in [-0.39, 0.29) is 18.2 Å². The van der Waals surface area contributed by atoms with Gasteiger partial charge in [-0.1, -0.05) is 42.8 Å². The van der Waals surface area contributed by atoms with Gasteiger partial charge in [-0.05, 0) is 24.8 Å². The highest BCUT2D eigenvalue weighted by Crippen LogP contribution is 2.16. The first-order valence-electron chi connectivity index (χ1n) is 7.33. The Hall–Kier alpha value is -1.61. The standard InChI is InChI=1S/C17H22O3/c18-15(13-16-11-6-12-17(19)20-16)10-5-4-9-14-7-2-1-3-8-14/h1-3,6-8,12,15-16,18H,4-5,9-11,13H2. The van der Waals surface area contributed by atoms with Crippen molar-refractivity contribution < 1.29 is 14.6 Å². The smallest absolute Gasteiger partial charge is 0.330 e. The zero-order valence-corrected chi connectivity index (χ0v) is 11.7. The fourth-order valence-corrected chi connectivity index (χ4v) is 2.49. The fourth-order valence-electron chi connectivity index (χ4n) is 2.49. The third-order valence-electron chi connectivity index (χ3n) is 3.57. The highest BCUT2D eigenvalue weighted by atomic mass is 16.5. The van der Waals surface area contributed by atoms with E-state index in [9.17, 15) is 9.90 Å². The maximum absolute atomic E-state index is 11.1. The summed E-state index contributed by atoms with van der Waals surface area (Å²) >= 11 is 0. The second-order valence-electron chi connectivity index (χ2n) is 5.32. The third-order valence-corrected chi connectivity index (χ3v) is 3.57. The maximum atomic E-state index is 11.1. The molecule has 0 radical (unpaired) electrons. The van der Waals surface area contributed by atoms with Crippen molar-refractivity contribution in [2.24, 2.45) is 0 Å². The van der Waals surface area contributed by atoms with Crippen LogP contribution in [0.4, 0.5) is 0 Å². The molecule has 1 aliphatic rings. The lowest BCUT2D eigenvalue weighted by atomic mass is 10.0. The Labute approximate surface area is 120 Å². The van der Waals surface area contributed by atoms with E-state index in [2.05, 4.69) is 24.3 Å². The van der Waals surface area contributed by atoms with Crippen molar-refractivity contribution in [3.8, 4) is 0 Å². The Bertz CT molecular complexity index is 439. The Morgan fingerprint density at radius 1 is 1.25 bits per heavy atom. The summed E-state index contributed by atoms with van der Waals surface area (Å²) in [7, 11) is 0. The van der Waals surface area contributed by atoms with Crippen molar-refractivity contribution in [3.05, 3.63) is 48.0 Å². The molecule has 20 heavy (non-hydrogen) atoms. The van der Waals surface area contributed by atoms with E-state index in [0.717, 1.165) is 25.7 Å². The first kappa shape index (κ1) is 14.8. The monoisotopic (exact) mass is 274 g/mol. The molecule has 0 amide bonds. The molecule has 1 heterocycles. The molecule has 2 rings (SSSR count). The quantitative estimate of drug-likeness (QED) is 0.614. The van der Waals surface area contributed by atoms with Crippen LogP contribution in [-0.2, 0) is 16.0 Å². The maximum Gasteiger partial charge on any atom is 0.330 e. The van der Waals surface area contributed by atoms with Crippen LogP contribution in [-0.4, -0.2) is 23.3 Å². The van der Waals surface area contributed by atoms with E-state index in [4.69, 9.17) is 4.74 Å². The lowest BCUT2D eigenvalue weighted by Crippen LogP contribution is -2.25. The van der Waals surface area contributed by atoms with Crippen molar-refractivity contribution in [2.75, 3.05) is 0 Å². The predicted molar refractivity (Wildman–Crippen MR) is 78.3 cm³/mol. The van der Waals surface area contributed by atoms with Crippen LogP contribution in [0, 0.1) is 0 Å². The van der Waals surface area contributed by atoms with Gasteiger partial charge >= 0.3 is 5.97 Å². The Balaban J connectivity index is 1.59. The zero-order chi connectivity index (χ0) is 14.2. The van der Waals surface area contributed by atoms with Crippen molar-refractivity contribution >= 4 is 5.97 Å². The molecule has 1 aromatic rings. The summed E-state index contributed by atoms with van der Waals surface area (Å²) in [5.41, 5.74) is 1.34. The number of cyclic esters (lactones) is 1. The van der Waals surface area contributed by atoms with Crippen molar-refractivity contribution in [1.82, 2.24) is 0 Å². The molecule has 0 saturated heterocycles. The number of esters is 1. The minimum absolute atomic E-state index is 0.156. The van der Waals surface area contributed by atoms with E-state index in [1.54, 1.807) is 0 Å². The third kappa shape index (κ3) is 5.17. The van der Waals surface area contributed by atoms with E-state index in [1.807, 2.05) is 12.1 Å². The number of carbonyl (C=O) groups is 1. The highest BCUT2D eigenvalue weighted by molar-refractivity contribution is 5.82. The second-order valence-corrected chi connectivity index (χ2v) is 5.32. The van der Waals surface area contributed by atoms with Crippen LogP contribution in [0.25, 0.3) is 0 Å². The highest BCUT2D eigenvalue weighted by Gasteiger charge is 2.19. The number of rotatable bonds is 7. The molecule has 0 spiro atoms. The van der Waals surface area contributed by atoms with E-state index in [0.29, 0.717) is 12.8 Å². The van der Waals surface area contributed by atoms with E-state index < -0.39 is 0 Å². The number of hydrogen-bond acceptors (Lipinski definition) is 3. The summed E-state index contributed by atoms with van der Waals surface area (Å²) in [5.74, 6) is -0.294. The van der Waals surface area contributed by atoms with Gasteiger partial charge in [0.1, 0.15) is 6.10 Å². The number of aryl methyl sites for hydroxylation is 1. The Morgan fingerprint density at radius 2 is 2.05 bits per heavy atom. The van der Waals surface area contributed by atoms with Crippen LogP contribution in [0.2, 0.25) is 0 Å². The van der Waals surface area contributed by atoms with Crippen LogP contribution in [0.5, 0.6) is 0 Å². The molecule has 0 saturated carbocycles. The van der Waals surface area contributed by atoms with Gasteiger partial charge in [-0.2, -0.15) is 0 Å². The summed E-state index contributed by atoms with van der Waals surface area (Å²) in [6, 6.07) is 10.4. The molecular formula is C17H22O3. The topological polar surface area (TPSA) is 46.5 Å². The van der Waals surface area contributed by atoms with Crippen LogP contribution in [0.15, 0.2) is 42.5 Å². The van der Waals surface area contributed by atoms with Gasteiger partial charge in [-0.25, -0.2) is 4.79 Å². The van der Waals surface area contributed by atoms with Crippen molar-refractivity contribution in [1.29, 1.82) is 0 Å². The lowest BCUT2D eigenvalue weighted by Gasteiger charge is -2.21. The van der Waals surface area contributed by atoms with E-state index >= 15 is 0 Å². The van der Waals surface area contributed by atoms with Crippen molar-refractivity contribution in [2.45, 2.75) is 50.7 Å². The summed E-state index contributed by atoms with van der Waals surface area (Å²) in [4.78, 5) is 11.1. The number of carbonyl (C=O) groups excluding carboxylic acids is 1. The van der Waals surface area contributed by atoms with Gasteiger partial charge in [-0.15, -0.1) is 0 Å². The predicted octanol–water partition coefficient (Wildman–Crippen LogP) is 3.02. The molecule has 1 aliphatic heterocycles. The van der Waals surface area contributed by atoms with Crippen LogP contribution in [0.3, 0.4) is 0 Å². The Morgan fingerprint density at radius 3 is 2.80 bits per heavy atom. The second kappa shape index (κ2) is 7.85. The fraction of sp³-hybridized carbons (Fsp3) is 0.471. The van der Waals surface area contributed by atoms with Crippen LogP contribution < -0.4 is 0 Å². The van der Waals surface area contributed by atoms with Gasteiger partial charge in [-0.3, -0.25) is 0 Å². The molecule has 3 nitrogen and oxygen atoms in total. The van der Waals surface area contributed by atoms with Crippen LogP contribution >= 0.6 is 0 Å². The molecule has 3 heteroatoms. The van der Waals surface area contributed by atoms with Gasteiger partial charge in [0.2, 0.25) is 0 Å². The molecule has 2 atom stereocenters. The first-order chi connectivity index (χ1) is 9.74. The van der Waals surface area contributed by atoms with Gasteiger partial charge in [0.15, 0.2) is 0 Å². The summed E-state index contributed by atoms with van der Waals surface area (Å²) in [6.45, 7) is 0. The molecule has 2 unspecified atom stereocenters. The summed E-state index contributed by atoms with van der Waals surface area (Å²) in [5, 5.41) is 9.97. The molecule has 1 N–H and O–H groups in total. The molecule has 0 fully saturated rings. The molecule has 0 aliphatic carbocycles. The molecule has 108 valence electrons. The first-order valence-corrected chi connectivity index (χ1v) is 7.33. The van der Waals surface area contributed by atoms with E-state index in [1.165, 1.54) is 11.6 Å². The van der Waals surface area contributed by atoms with Crippen molar-refractivity contribution in [3.63, 3.8) is 0 Å². The normalized spacial score (nSPS) is 19.6. The number of unbranched alkanes of at least 4 members (excludes halogenated alkanes) is 1. The average molecular weight is 274 g/mol. The molecular weight excluding hydrogens is 252 g/mol. The molecule has 1 aromatic carbocycles. The van der Waals surface area contributed by atoms with Gasteiger partial charge in [0.25, 0.3) is 0 Å². The number of aliphatic hydroxyl groups is 1.